The molecule has 3 aromatic carbocycles. The van der Waals surface area contributed by atoms with Crippen LogP contribution in [0.4, 0.5) is 11.4 Å². The number of anilines is 2. The van der Waals surface area contributed by atoms with Crippen molar-refractivity contribution in [2.24, 2.45) is 0 Å². The van der Waals surface area contributed by atoms with Gasteiger partial charge in [0.25, 0.3) is 10.1 Å². The Morgan fingerprint density at radius 1 is 1.03 bits per heavy atom. The summed E-state index contributed by atoms with van der Waals surface area (Å²) >= 11 is 1.70. The Labute approximate surface area is 210 Å². The van der Waals surface area contributed by atoms with Crippen molar-refractivity contribution in [2.75, 3.05) is 37.2 Å². The highest BCUT2D eigenvalue weighted by Crippen LogP contribution is 2.31. The molecule has 0 spiro atoms. The Hall–Kier alpha value is -2.98. The van der Waals surface area contributed by atoms with Gasteiger partial charge in [-0.15, -0.1) is 11.3 Å². The van der Waals surface area contributed by atoms with E-state index in [2.05, 4.69) is 37.1 Å². The van der Waals surface area contributed by atoms with Crippen molar-refractivity contribution >= 4 is 53.0 Å². The largest absolute Gasteiger partial charge is 0.399 e. The minimum Gasteiger partial charge on any atom is -0.399 e. The Kier molecular flexibility index (Phi) is 8.85. The zero-order valence-corrected chi connectivity index (χ0v) is 21.7. The number of nitrogens with zero attached hydrogens (tertiary/aromatic N) is 1. The van der Waals surface area contributed by atoms with E-state index >= 15 is 0 Å². The van der Waals surface area contributed by atoms with Gasteiger partial charge < -0.3 is 16.0 Å². The molecule has 0 saturated heterocycles. The van der Waals surface area contributed by atoms with Crippen LogP contribution < -0.4 is 16.5 Å². The molecule has 4 aromatic rings. The number of hydrogen-bond donors (Lipinski definition) is 3. The maximum atomic E-state index is 13.0. The topological polar surface area (TPSA) is 113 Å². The van der Waals surface area contributed by atoms with E-state index in [9.17, 15) is 13.2 Å². The molecular weight excluding hydrogens is 482 g/mol. The molecule has 4 rings (SSSR count). The van der Waals surface area contributed by atoms with E-state index in [0.29, 0.717) is 5.69 Å². The maximum absolute atomic E-state index is 13.0. The highest BCUT2D eigenvalue weighted by molar-refractivity contribution is 7.85. The minimum absolute atomic E-state index is 0.133. The predicted octanol–water partition coefficient (Wildman–Crippen LogP) is 4.99. The lowest BCUT2D eigenvalue weighted by Crippen LogP contribution is -2.28. The van der Waals surface area contributed by atoms with E-state index in [1.807, 2.05) is 30.3 Å². The summed E-state index contributed by atoms with van der Waals surface area (Å²) in [6, 6.07) is 17.5. The van der Waals surface area contributed by atoms with Gasteiger partial charge in [-0.1, -0.05) is 38.1 Å². The third-order valence-electron chi connectivity index (χ3n) is 5.72. The van der Waals surface area contributed by atoms with Crippen LogP contribution in [0.2, 0.25) is 0 Å². The SMILES string of the molecule is CCN(CC)CCNc1ccc(C)c2sc3ccccc3c(=O)c12.Nc1cccc(S(=O)(=O)O)c1. The molecule has 7 nitrogen and oxygen atoms in total. The monoisotopic (exact) mass is 513 g/mol. The molecule has 0 unspecified atom stereocenters. The molecule has 0 aliphatic heterocycles. The summed E-state index contributed by atoms with van der Waals surface area (Å²) in [6.45, 7) is 10.3. The van der Waals surface area contributed by atoms with Crippen molar-refractivity contribution in [2.45, 2.75) is 25.7 Å². The van der Waals surface area contributed by atoms with E-state index < -0.39 is 10.1 Å². The molecule has 186 valence electrons. The summed E-state index contributed by atoms with van der Waals surface area (Å²) in [6.07, 6.45) is 0. The highest BCUT2D eigenvalue weighted by Gasteiger charge is 2.12. The third kappa shape index (κ3) is 6.58. The second-order valence-corrected chi connectivity index (χ2v) is 10.5. The van der Waals surface area contributed by atoms with Gasteiger partial charge >= 0.3 is 0 Å². The number of hydrogen-bond acceptors (Lipinski definition) is 7. The van der Waals surface area contributed by atoms with Crippen LogP contribution in [0.1, 0.15) is 19.4 Å². The van der Waals surface area contributed by atoms with Gasteiger partial charge in [0.05, 0.1) is 10.3 Å². The number of fused-ring (bicyclic) bond motifs is 2. The average molecular weight is 514 g/mol. The number of likely N-dealkylation sites (N-methyl/N-ethyl adjacent to an activating group) is 1. The number of nitrogen functional groups attached to an aromatic ring is 1. The molecule has 0 radical (unpaired) electrons. The molecule has 0 aliphatic carbocycles. The predicted molar refractivity (Wildman–Crippen MR) is 147 cm³/mol. The summed E-state index contributed by atoms with van der Waals surface area (Å²) in [5, 5.41) is 5.13. The van der Waals surface area contributed by atoms with Crippen molar-refractivity contribution in [3.8, 4) is 0 Å². The summed E-state index contributed by atoms with van der Waals surface area (Å²) < 4.78 is 31.6. The molecule has 1 aromatic heterocycles. The Bertz CT molecular complexity index is 1480. The fourth-order valence-corrected chi connectivity index (χ4v) is 5.45. The van der Waals surface area contributed by atoms with Gasteiger partial charge in [-0.25, -0.2) is 0 Å². The quantitative estimate of drug-likeness (QED) is 0.181. The number of nitrogens with one attached hydrogen (secondary N) is 1. The first-order valence-electron chi connectivity index (χ1n) is 11.4. The van der Waals surface area contributed by atoms with Gasteiger partial charge in [-0.05, 0) is 62.0 Å². The lowest BCUT2D eigenvalue weighted by Gasteiger charge is -2.19. The van der Waals surface area contributed by atoms with E-state index in [4.69, 9.17) is 10.3 Å². The van der Waals surface area contributed by atoms with Crippen LogP contribution in [-0.4, -0.2) is 44.0 Å². The van der Waals surface area contributed by atoms with Gasteiger partial charge in [-0.2, -0.15) is 8.42 Å². The van der Waals surface area contributed by atoms with Gasteiger partial charge in [0.15, 0.2) is 5.43 Å². The molecule has 4 N–H and O–H groups in total. The smallest absolute Gasteiger partial charge is 0.294 e. The highest BCUT2D eigenvalue weighted by atomic mass is 32.2. The van der Waals surface area contributed by atoms with Crippen LogP contribution in [0.15, 0.2) is 70.4 Å². The lowest BCUT2D eigenvalue weighted by molar-refractivity contribution is 0.316. The van der Waals surface area contributed by atoms with Crippen molar-refractivity contribution < 1.29 is 13.0 Å². The second kappa shape index (κ2) is 11.6. The Morgan fingerprint density at radius 2 is 1.74 bits per heavy atom. The van der Waals surface area contributed by atoms with Crippen LogP contribution in [0.5, 0.6) is 0 Å². The van der Waals surface area contributed by atoms with Crippen molar-refractivity contribution in [3.63, 3.8) is 0 Å². The first-order valence-corrected chi connectivity index (χ1v) is 13.7. The zero-order chi connectivity index (χ0) is 25.6. The van der Waals surface area contributed by atoms with Crippen LogP contribution in [0.25, 0.3) is 20.2 Å². The molecule has 35 heavy (non-hydrogen) atoms. The summed E-state index contributed by atoms with van der Waals surface area (Å²) in [5.74, 6) is 0. The number of aryl methyl sites for hydroxylation is 1. The van der Waals surface area contributed by atoms with Crippen molar-refractivity contribution in [1.29, 1.82) is 0 Å². The summed E-state index contributed by atoms with van der Waals surface area (Å²) in [7, 11) is -4.11. The van der Waals surface area contributed by atoms with E-state index in [1.54, 1.807) is 11.3 Å². The normalized spacial score (nSPS) is 11.5. The fourth-order valence-electron chi connectivity index (χ4n) is 3.74. The molecule has 0 fully saturated rings. The Balaban J connectivity index is 0.000000261. The fraction of sp³-hybridized carbons (Fsp3) is 0.269. The first kappa shape index (κ1) is 26.6. The zero-order valence-electron chi connectivity index (χ0n) is 20.1. The van der Waals surface area contributed by atoms with Crippen molar-refractivity contribution in [3.05, 3.63) is 76.5 Å². The molecule has 0 atom stereocenters. The van der Waals surface area contributed by atoms with E-state index in [0.717, 1.165) is 57.6 Å². The van der Waals surface area contributed by atoms with E-state index in [-0.39, 0.29) is 10.3 Å². The first-order chi connectivity index (χ1) is 16.7. The van der Waals surface area contributed by atoms with Gasteiger partial charge in [0.1, 0.15) is 0 Å². The summed E-state index contributed by atoms with van der Waals surface area (Å²) in [4.78, 5) is 15.2. The van der Waals surface area contributed by atoms with Crippen LogP contribution in [0.3, 0.4) is 0 Å². The van der Waals surface area contributed by atoms with Crippen molar-refractivity contribution in [1.82, 2.24) is 4.90 Å². The average Bonchev–Trinajstić information content (AvgIpc) is 2.83. The molecule has 0 bridgehead atoms. The van der Waals surface area contributed by atoms with Gasteiger partial charge in [0, 0.05) is 39.3 Å². The molecular formula is C26H31N3O4S2. The number of nitrogens with two attached hydrogens (primary N) is 1. The van der Waals surface area contributed by atoms with Crippen LogP contribution >= 0.6 is 11.3 Å². The van der Waals surface area contributed by atoms with Gasteiger partial charge in [-0.3, -0.25) is 9.35 Å². The molecule has 0 saturated carbocycles. The number of rotatable bonds is 7. The third-order valence-corrected chi connectivity index (χ3v) is 7.87. The summed E-state index contributed by atoms with van der Waals surface area (Å²) in [5.41, 5.74) is 7.83. The lowest BCUT2D eigenvalue weighted by atomic mass is 10.1. The maximum Gasteiger partial charge on any atom is 0.294 e. The number of benzene rings is 3. The second-order valence-electron chi connectivity index (χ2n) is 8.06. The minimum atomic E-state index is -4.11. The van der Waals surface area contributed by atoms with Crippen LogP contribution in [0, 0.1) is 6.92 Å². The molecule has 9 heteroatoms. The van der Waals surface area contributed by atoms with Crippen LogP contribution in [-0.2, 0) is 10.1 Å². The standard InChI is InChI=1S/C20H24N2OS.C6H7NO3S/c1-4-22(5-2)13-12-21-16-11-10-14(3)20-18(16)19(23)15-8-6-7-9-17(15)24-20;7-5-2-1-3-6(4-5)11(8,9)10/h6-11,21H,4-5,12-13H2,1-3H3;1-4H,7H2,(H,8,9,10). The molecule has 1 heterocycles. The van der Waals surface area contributed by atoms with E-state index in [1.165, 1.54) is 24.3 Å². The molecule has 0 amide bonds. The molecule has 0 aliphatic rings. The van der Waals surface area contributed by atoms with Gasteiger partial charge in [0.2, 0.25) is 0 Å². The Morgan fingerprint density at radius 3 is 2.37 bits per heavy atom.